The van der Waals surface area contributed by atoms with E-state index < -0.39 is 5.82 Å². The Balaban J connectivity index is 2.22. The van der Waals surface area contributed by atoms with E-state index in [2.05, 4.69) is 0 Å². The first-order valence-corrected chi connectivity index (χ1v) is 5.59. The van der Waals surface area contributed by atoms with E-state index in [9.17, 15) is 4.39 Å². The largest absolute Gasteiger partial charge is 0.454 e. The van der Waals surface area contributed by atoms with Crippen molar-refractivity contribution in [3.8, 4) is 11.5 Å². The second-order valence-electron chi connectivity index (χ2n) is 3.88. The van der Waals surface area contributed by atoms with Crippen LogP contribution in [0.3, 0.4) is 0 Å². The Morgan fingerprint density at radius 3 is 2.61 bits per heavy atom. The van der Waals surface area contributed by atoms with Crippen LogP contribution in [0, 0.1) is 5.82 Å². The fourth-order valence-corrected chi connectivity index (χ4v) is 1.59. The molecule has 4 heteroatoms. The average molecular weight is 247 g/mol. The van der Waals surface area contributed by atoms with Gasteiger partial charge in [-0.15, -0.1) is 0 Å². The first-order valence-electron chi connectivity index (χ1n) is 5.59. The summed E-state index contributed by atoms with van der Waals surface area (Å²) in [5, 5.41) is 9.01. The summed E-state index contributed by atoms with van der Waals surface area (Å²) in [6, 6.07) is 11.5. The van der Waals surface area contributed by atoms with Gasteiger partial charge in [0.2, 0.25) is 0 Å². The van der Waals surface area contributed by atoms with Gasteiger partial charge in [0.15, 0.2) is 11.6 Å². The minimum atomic E-state index is -0.452. The molecule has 0 aliphatic carbocycles. The van der Waals surface area contributed by atoms with Crippen LogP contribution < -0.4 is 10.5 Å². The number of hydrogen-bond donors (Lipinski definition) is 2. The van der Waals surface area contributed by atoms with Crippen molar-refractivity contribution in [3.05, 3.63) is 59.4 Å². The number of rotatable bonds is 4. The molecule has 2 aromatic carbocycles. The van der Waals surface area contributed by atoms with Crippen molar-refractivity contribution in [2.24, 2.45) is 5.73 Å². The summed E-state index contributed by atoms with van der Waals surface area (Å²) in [7, 11) is 0. The zero-order chi connectivity index (χ0) is 13.0. The Morgan fingerprint density at radius 2 is 1.94 bits per heavy atom. The van der Waals surface area contributed by atoms with Gasteiger partial charge in [-0.2, -0.15) is 0 Å². The molecule has 0 aliphatic heterocycles. The second-order valence-corrected chi connectivity index (χ2v) is 3.88. The molecule has 3 nitrogen and oxygen atoms in total. The molecular weight excluding hydrogens is 233 g/mol. The van der Waals surface area contributed by atoms with Crippen molar-refractivity contribution >= 4 is 0 Å². The number of halogens is 1. The van der Waals surface area contributed by atoms with Crippen molar-refractivity contribution in [1.82, 2.24) is 0 Å². The summed E-state index contributed by atoms with van der Waals surface area (Å²) >= 11 is 0. The highest BCUT2D eigenvalue weighted by Crippen LogP contribution is 2.25. The van der Waals surface area contributed by atoms with Gasteiger partial charge in [-0.05, 0) is 35.4 Å². The number of nitrogens with two attached hydrogens (primary N) is 1. The third-order valence-electron chi connectivity index (χ3n) is 2.54. The second kappa shape index (κ2) is 5.62. The van der Waals surface area contributed by atoms with Gasteiger partial charge in [-0.1, -0.05) is 18.2 Å². The first-order chi connectivity index (χ1) is 8.72. The van der Waals surface area contributed by atoms with Crippen LogP contribution in [0.2, 0.25) is 0 Å². The van der Waals surface area contributed by atoms with E-state index in [4.69, 9.17) is 15.6 Å². The van der Waals surface area contributed by atoms with Crippen molar-refractivity contribution in [2.45, 2.75) is 13.2 Å². The first kappa shape index (κ1) is 12.5. The summed E-state index contributed by atoms with van der Waals surface area (Å²) in [5.74, 6) is 0.176. The molecule has 0 aliphatic rings. The van der Waals surface area contributed by atoms with Gasteiger partial charge in [-0.3, -0.25) is 0 Å². The van der Waals surface area contributed by atoms with Crippen LogP contribution in [0.5, 0.6) is 11.5 Å². The summed E-state index contributed by atoms with van der Waals surface area (Å²) in [4.78, 5) is 0. The standard InChI is InChI=1S/C14H14FNO2/c15-13-7-10(8-16)4-5-14(13)18-12-3-1-2-11(6-12)9-17/h1-7,17H,8-9,16H2. The molecule has 0 unspecified atom stereocenters. The van der Waals surface area contributed by atoms with E-state index in [-0.39, 0.29) is 18.9 Å². The molecule has 0 fully saturated rings. The lowest BCUT2D eigenvalue weighted by atomic mass is 10.2. The van der Waals surface area contributed by atoms with Gasteiger partial charge < -0.3 is 15.6 Å². The molecule has 0 saturated carbocycles. The SMILES string of the molecule is NCc1ccc(Oc2cccc(CO)c2)c(F)c1. The number of aliphatic hydroxyl groups excluding tert-OH is 1. The molecule has 2 aromatic rings. The maximum atomic E-state index is 13.7. The lowest BCUT2D eigenvalue weighted by molar-refractivity contribution is 0.281. The molecule has 0 radical (unpaired) electrons. The number of ether oxygens (including phenoxy) is 1. The molecule has 0 heterocycles. The Morgan fingerprint density at radius 1 is 1.11 bits per heavy atom. The number of aliphatic hydroxyl groups is 1. The van der Waals surface area contributed by atoms with Crippen molar-refractivity contribution in [3.63, 3.8) is 0 Å². The van der Waals surface area contributed by atoms with E-state index in [0.717, 1.165) is 0 Å². The molecule has 0 saturated heterocycles. The van der Waals surface area contributed by atoms with E-state index in [1.807, 2.05) is 0 Å². The summed E-state index contributed by atoms with van der Waals surface area (Å²) in [6.45, 7) is 0.211. The molecule has 0 bridgehead atoms. The summed E-state index contributed by atoms with van der Waals surface area (Å²) < 4.78 is 19.1. The topological polar surface area (TPSA) is 55.5 Å². The molecule has 94 valence electrons. The van der Waals surface area contributed by atoms with Crippen LogP contribution in [-0.2, 0) is 13.2 Å². The normalized spacial score (nSPS) is 10.4. The third kappa shape index (κ3) is 2.85. The molecular formula is C14H14FNO2. The zero-order valence-electron chi connectivity index (χ0n) is 9.77. The smallest absolute Gasteiger partial charge is 0.166 e. The van der Waals surface area contributed by atoms with Crippen LogP contribution in [0.25, 0.3) is 0 Å². The molecule has 0 amide bonds. The Kier molecular flexibility index (Phi) is 3.92. The predicted octanol–water partition coefficient (Wildman–Crippen LogP) is 2.57. The Bertz CT molecular complexity index is 543. The highest BCUT2D eigenvalue weighted by atomic mass is 19.1. The number of benzene rings is 2. The van der Waals surface area contributed by atoms with Gasteiger partial charge >= 0.3 is 0 Å². The minimum Gasteiger partial charge on any atom is -0.454 e. The molecule has 2 rings (SSSR count). The monoisotopic (exact) mass is 247 g/mol. The predicted molar refractivity (Wildman–Crippen MR) is 66.7 cm³/mol. The number of hydrogen-bond acceptors (Lipinski definition) is 3. The summed E-state index contributed by atoms with van der Waals surface area (Å²) in [5.41, 5.74) is 6.85. The minimum absolute atomic E-state index is 0.0776. The van der Waals surface area contributed by atoms with Gasteiger partial charge in [0.25, 0.3) is 0 Å². The van der Waals surface area contributed by atoms with E-state index in [0.29, 0.717) is 16.9 Å². The van der Waals surface area contributed by atoms with Gasteiger partial charge in [0.1, 0.15) is 5.75 Å². The van der Waals surface area contributed by atoms with Crippen LogP contribution in [0.1, 0.15) is 11.1 Å². The van der Waals surface area contributed by atoms with Crippen LogP contribution in [0.4, 0.5) is 4.39 Å². The fourth-order valence-electron chi connectivity index (χ4n) is 1.59. The van der Waals surface area contributed by atoms with Crippen molar-refractivity contribution in [1.29, 1.82) is 0 Å². The summed E-state index contributed by atoms with van der Waals surface area (Å²) in [6.07, 6.45) is 0. The third-order valence-corrected chi connectivity index (χ3v) is 2.54. The van der Waals surface area contributed by atoms with Crippen molar-refractivity contribution < 1.29 is 14.2 Å². The fraction of sp³-hybridized carbons (Fsp3) is 0.143. The molecule has 0 atom stereocenters. The van der Waals surface area contributed by atoms with Gasteiger partial charge in [0, 0.05) is 6.54 Å². The van der Waals surface area contributed by atoms with Gasteiger partial charge in [-0.25, -0.2) is 4.39 Å². The van der Waals surface area contributed by atoms with Crippen molar-refractivity contribution in [2.75, 3.05) is 0 Å². The quantitative estimate of drug-likeness (QED) is 0.873. The lowest BCUT2D eigenvalue weighted by Crippen LogP contribution is -1.97. The molecule has 3 N–H and O–H groups in total. The van der Waals surface area contributed by atoms with Crippen LogP contribution in [0.15, 0.2) is 42.5 Å². The molecule has 0 aromatic heterocycles. The van der Waals surface area contributed by atoms with E-state index in [1.54, 1.807) is 36.4 Å². The maximum absolute atomic E-state index is 13.7. The highest BCUT2D eigenvalue weighted by molar-refractivity contribution is 5.36. The molecule has 18 heavy (non-hydrogen) atoms. The van der Waals surface area contributed by atoms with Crippen LogP contribution >= 0.6 is 0 Å². The Labute approximate surface area is 105 Å². The average Bonchev–Trinajstić information content (AvgIpc) is 2.41. The lowest BCUT2D eigenvalue weighted by Gasteiger charge is -2.08. The van der Waals surface area contributed by atoms with E-state index in [1.165, 1.54) is 6.07 Å². The molecule has 0 spiro atoms. The van der Waals surface area contributed by atoms with Gasteiger partial charge in [0.05, 0.1) is 6.61 Å². The van der Waals surface area contributed by atoms with E-state index >= 15 is 0 Å². The highest BCUT2D eigenvalue weighted by Gasteiger charge is 2.06. The maximum Gasteiger partial charge on any atom is 0.166 e. The zero-order valence-corrected chi connectivity index (χ0v) is 9.77. The van der Waals surface area contributed by atoms with Crippen LogP contribution in [-0.4, -0.2) is 5.11 Å². The Hall–Kier alpha value is -1.91.